The van der Waals surface area contributed by atoms with Gasteiger partial charge < -0.3 is 20.1 Å². The number of hydrogen-bond donors (Lipinski definition) is 2. The summed E-state index contributed by atoms with van der Waals surface area (Å²) in [6, 6.07) is 8.07. The number of ether oxygens (including phenoxy) is 1. The van der Waals surface area contributed by atoms with E-state index in [1.807, 2.05) is 12.1 Å². The molecule has 1 aromatic rings. The number of nitrogens with one attached hydrogen (secondary N) is 1. The van der Waals surface area contributed by atoms with E-state index in [4.69, 9.17) is 4.74 Å². The molecule has 1 aliphatic carbocycles. The zero-order valence-electron chi connectivity index (χ0n) is 14.9. The molecule has 3 rings (SSSR count). The number of benzene rings is 1. The van der Waals surface area contributed by atoms with Crippen LogP contribution in [0.5, 0.6) is 5.75 Å². The number of methoxy groups -OCH3 is 1. The molecule has 0 spiro atoms. The van der Waals surface area contributed by atoms with Crippen LogP contribution in [0.3, 0.4) is 0 Å². The Hall–Kier alpha value is -1.10. The van der Waals surface area contributed by atoms with Gasteiger partial charge in [-0.2, -0.15) is 0 Å². The Bertz CT molecular complexity index is 491. The van der Waals surface area contributed by atoms with Gasteiger partial charge in [0.15, 0.2) is 0 Å². The molecule has 0 bridgehead atoms. The van der Waals surface area contributed by atoms with Crippen molar-refractivity contribution >= 4 is 0 Å². The van der Waals surface area contributed by atoms with Crippen molar-refractivity contribution in [1.82, 2.24) is 10.2 Å². The summed E-state index contributed by atoms with van der Waals surface area (Å²) in [5, 5.41) is 13.7. The van der Waals surface area contributed by atoms with Crippen LogP contribution in [0, 0.1) is 11.8 Å². The van der Waals surface area contributed by atoms with Crippen LogP contribution in [0.25, 0.3) is 0 Å². The molecule has 1 aliphatic heterocycles. The first kappa shape index (κ1) is 17.7. The Balaban J connectivity index is 1.35. The number of fused-ring (bicyclic) bond motifs is 1. The Morgan fingerprint density at radius 2 is 1.92 bits per heavy atom. The lowest BCUT2D eigenvalue weighted by atomic mass is 9.75. The molecule has 0 amide bonds. The van der Waals surface area contributed by atoms with Crippen LogP contribution in [0.15, 0.2) is 24.3 Å². The normalized spacial score (nSPS) is 25.9. The molecule has 134 valence electrons. The van der Waals surface area contributed by atoms with Crippen molar-refractivity contribution < 1.29 is 9.84 Å². The van der Waals surface area contributed by atoms with Crippen molar-refractivity contribution in [3.63, 3.8) is 0 Å². The summed E-state index contributed by atoms with van der Waals surface area (Å²) in [6.07, 6.45) is 6.71. The van der Waals surface area contributed by atoms with E-state index in [0.29, 0.717) is 6.54 Å². The van der Waals surface area contributed by atoms with Crippen LogP contribution in [0.1, 0.15) is 37.7 Å². The molecule has 0 radical (unpaired) electrons. The van der Waals surface area contributed by atoms with Gasteiger partial charge in [0.25, 0.3) is 0 Å². The highest BCUT2D eigenvalue weighted by Gasteiger charge is 2.31. The zero-order valence-corrected chi connectivity index (χ0v) is 14.9. The molecule has 0 aromatic heterocycles. The largest absolute Gasteiger partial charge is 0.497 e. The molecule has 1 saturated heterocycles. The molecule has 24 heavy (non-hydrogen) atoms. The number of nitrogens with zero attached hydrogens (tertiary/aromatic N) is 1. The molecule has 3 atom stereocenters. The summed E-state index contributed by atoms with van der Waals surface area (Å²) in [5.41, 5.74) is 1.21. The van der Waals surface area contributed by atoms with Crippen molar-refractivity contribution in [2.24, 2.45) is 11.8 Å². The molecule has 2 fully saturated rings. The fraction of sp³-hybridized carbons (Fsp3) is 0.700. The Morgan fingerprint density at radius 3 is 2.67 bits per heavy atom. The third-order valence-corrected chi connectivity index (χ3v) is 5.71. The predicted molar refractivity (Wildman–Crippen MR) is 97.2 cm³/mol. The van der Waals surface area contributed by atoms with Gasteiger partial charge in [-0.25, -0.2) is 0 Å². The van der Waals surface area contributed by atoms with Crippen molar-refractivity contribution in [3.05, 3.63) is 29.8 Å². The molecular formula is C20H32N2O2. The second kappa shape index (κ2) is 8.84. The fourth-order valence-corrected chi connectivity index (χ4v) is 4.33. The van der Waals surface area contributed by atoms with Gasteiger partial charge in [0.2, 0.25) is 0 Å². The van der Waals surface area contributed by atoms with E-state index in [0.717, 1.165) is 37.2 Å². The van der Waals surface area contributed by atoms with Crippen LogP contribution in [0.4, 0.5) is 0 Å². The van der Waals surface area contributed by atoms with Crippen LogP contribution < -0.4 is 10.1 Å². The highest BCUT2D eigenvalue weighted by molar-refractivity contribution is 5.26. The number of aliphatic hydroxyl groups is 1. The molecule has 1 aromatic carbocycles. The summed E-state index contributed by atoms with van der Waals surface area (Å²) in [6.45, 7) is 4.60. The van der Waals surface area contributed by atoms with E-state index < -0.39 is 0 Å². The van der Waals surface area contributed by atoms with Crippen molar-refractivity contribution in [2.45, 2.75) is 44.8 Å². The molecule has 1 saturated carbocycles. The third kappa shape index (κ3) is 4.95. The topological polar surface area (TPSA) is 44.7 Å². The first-order chi connectivity index (χ1) is 11.7. The van der Waals surface area contributed by atoms with E-state index in [1.54, 1.807) is 7.11 Å². The van der Waals surface area contributed by atoms with Gasteiger partial charge in [-0.05, 0) is 48.9 Å². The minimum Gasteiger partial charge on any atom is -0.497 e. The van der Waals surface area contributed by atoms with Crippen LogP contribution in [-0.4, -0.2) is 49.4 Å². The Morgan fingerprint density at radius 1 is 1.17 bits per heavy atom. The smallest absolute Gasteiger partial charge is 0.118 e. The molecule has 4 heteroatoms. The first-order valence-electron chi connectivity index (χ1n) is 9.48. The summed E-state index contributed by atoms with van der Waals surface area (Å²) < 4.78 is 5.17. The van der Waals surface area contributed by atoms with Gasteiger partial charge in [0.05, 0.1) is 13.2 Å². The molecule has 4 nitrogen and oxygen atoms in total. The van der Waals surface area contributed by atoms with Crippen LogP contribution in [-0.2, 0) is 6.54 Å². The molecule has 1 heterocycles. The zero-order chi connectivity index (χ0) is 16.8. The van der Waals surface area contributed by atoms with E-state index in [2.05, 4.69) is 22.3 Å². The lowest BCUT2D eigenvalue weighted by molar-refractivity contribution is 0.0463. The Kier molecular flexibility index (Phi) is 6.52. The number of hydrogen-bond acceptors (Lipinski definition) is 4. The lowest BCUT2D eigenvalue weighted by Gasteiger charge is -2.41. The molecule has 2 aliphatic rings. The SMILES string of the molecule is COc1ccc(CNC[C@@H](O)CN2CC[C@@H]3CCCC[C@@H]3C2)cc1. The minimum atomic E-state index is -0.289. The maximum absolute atomic E-state index is 10.3. The van der Waals surface area contributed by atoms with Gasteiger partial charge in [0.1, 0.15) is 5.75 Å². The fourth-order valence-electron chi connectivity index (χ4n) is 4.33. The monoisotopic (exact) mass is 332 g/mol. The van der Waals surface area contributed by atoms with Crippen molar-refractivity contribution in [1.29, 1.82) is 0 Å². The van der Waals surface area contributed by atoms with E-state index in [9.17, 15) is 5.11 Å². The van der Waals surface area contributed by atoms with Gasteiger partial charge >= 0.3 is 0 Å². The highest BCUT2D eigenvalue weighted by atomic mass is 16.5. The minimum absolute atomic E-state index is 0.289. The Labute approximate surface area is 146 Å². The van der Waals surface area contributed by atoms with E-state index in [1.165, 1.54) is 44.2 Å². The van der Waals surface area contributed by atoms with Crippen LogP contribution in [0.2, 0.25) is 0 Å². The average molecular weight is 332 g/mol. The third-order valence-electron chi connectivity index (χ3n) is 5.71. The summed E-state index contributed by atoms with van der Waals surface area (Å²) in [4.78, 5) is 2.48. The molecule has 0 unspecified atom stereocenters. The van der Waals surface area contributed by atoms with E-state index in [-0.39, 0.29) is 6.10 Å². The number of β-amino-alcohol motifs (C(OH)–C–C–N with tert-alkyl or cyclic N) is 1. The number of piperidine rings is 1. The predicted octanol–water partition coefficient (Wildman–Crippen LogP) is 2.66. The molecule has 2 N–H and O–H groups in total. The summed E-state index contributed by atoms with van der Waals surface area (Å²) in [7, 11) is 1.68. The second-order valence-corrected chi connectivity index (χ2v) is 7.49. The number of likely N-dealkylation sites (tertiary alicyclic amines) is 1. The van der Waals surface area contributed by atoms with Crippen molar-refractivity contribution in [3.8, 4) is 5.75 Å². The van der Waals surface area contributed by atoms with Gasteiger partial charge in [0, 0.05) is 26.2 Å². The average Bonchev–Trinajstić information content (AvgIpc) is 2.62. The van der Waals surface area contributed by atoms with Gasteiger partial charge in [-0.15, -0.1) is 0 Å². The first-order valence-corrected chi connectivity index (χ1v) is 9.48. The maximum Gasteiger partial charge on any atom is 0.118 e. The standard InChI is InChI=1S/C20H32N2O2/c1-24-20-8-6-16(7-9-20)12-21-13-19(23)15-22-11-10-17-4-2-3-5-18(17)14-22/h6-9,17-19,21,23H,2-5,10-15H2,1H3/t17-,18+,19+/m0/s1. The quantitative estimate of drug-likeness (QED) is 0.806. The number of rotatable bonds is 7. The second-order valence-electron chi connectivity index (χ2n) is 7.49. The summed E-state index contributed by atoms with van der Waals surface area (Å²) in [5.74, 6) is 2.72. The van der Waals surface area contributed by atoms with Gasteiger partial charge in [-0.3, -0.25) is 0 Å². The molecular weight excluding hydrogens is 300 g/mol. The van der Waals surface area contributed by atoms with E-state index >= 15 is 0 Å². The maximum atomic E-state index is 10.3. The van der Waals surface area contributed by atoms with Crippen LogP contribution >= 0.6 is 0 Å². The highest BCUT2D eigenvalue weighted by Crippen LogP contribution is 2.35. The summed E-state index contributed by atoms with van der Waals surface area (Å²) >= 11 is 0. The van der Waals surface area contributed by atoms with Gasteiger partial charge in [-0.1, -0.05) is 31.4 Å². The number of aliphatic hydroxyl groups excluding tert-OH is 1. The van der Waals surface area contributed by atoms with Crippen molar-refractivity contribution in [2.75, 3.05) is 33.3 Å². The lowest BCUT2D eigenvalue weighted by Crippen LogP contribution is -2.46.